The van der Waals surface area contributed by atoms with E-state index in [0.29, 0.717) is 0 Å². The van der Waals surface area contributed by atoms with Crippen molar-refractivity contribution >= 4 is 0 Å². The van der Waals surface area contributed by atoms with Crippen LogP contribution >= 0.6 is 0 Å². The van der Waals surface area contributed by atoms with E-state index >= 15 is 0 Å². The maximum atomic E-state index is 5.82. The molecule has 0 saturated carbocycles. The third kappa shape index (κ3) is 7.55. The van der Waals surface area contributed by atoms with Gasteiger partial charge in [0.2, 0.25) is 0 Å². The topological polar surface area (TPSA) is 35.0 Å². The highest BCUT2D eigenvalue weighted by atomic mass is 16.5. The smallest absolute Gasteiger partial charge is 0.119 e. The minimum Gasteiger partial charge on any atom is -0.494 e. The van der Waals surface area contributed by atoms with E-state index in [-0.39, 0.29) is 0 Å². The molecule has 0 unspecified atom stereocenters. The molecule has 0 aliphatic heterocycles. The predicted molar refractivity (Wildman–Crippen MR) is 110 cm³/mol. The summed E-state index contributed by atoms with van der Waals surface area (Å²) in [6, 6.07) is 12.4. The molecule has 142 valence electrons. The van der Waals surface area contributed by atoms with Gasteiger partial charge in [0.1, 0.15) is 5.75 Å². The van der Waals surface area contributed by atoms with E-state index in [9.17, 15) is 0 Å². The Morgan fingerprint density at radius 2 is 1.38 bits per heavy atom. The van der Waals surface area contributed by atoms with Gasteiger partial charge in [0.05, 0.1) is 18.0 Å². The Kier molecular flexibility index (Phi) is 9.78. The van der Waals surface area contributed by atoms with Crippen LogP contribution in [0.4, 0.5) is 0 Å². The molecular formula is C23H34N2O. The molecule has 1 aromatic carbocycles. The lowest BCUT2D eigenvalue weighted by atomic mass is 10.1. The standard InChI is InChI=1S/C23H34N2O/c1-3-5-7-9-11-19-26-22-16-13-20(14-17-22)23-18-15-21(24-25-23)12-10-8-6-4-2/h13-18H,3-12,19H2,1-2H3. The number of hydrogen-bond acceptors (Lipinski definition) is 3. The lowest BCUT2D eigenvalue weighted by Crippen LogP contribution is -1.97. The number of ether oxygens (including phenoxy) is 1. The first-order valence-corrected chi connectivity index (χ1v) is 10.4. The Morgan fingerprint density at radius 1 is 0.692 bits per heavy atom. The Hall–Kier alpha value is -1.90. The maximum Gasteiger partial charge on any atom is 0.119 e. The van der Waals surface area contributed by atoms with Crippen molar-refractivity contribution in [1.82, 2.24) is 10.2 Å². The van der Waals surface area contributed by atoms with E-state index in [1.807, 2.05) is 12.1 Å². The molecule has 0 aliphatic rings. The van der Waals surface area contributed by atoms with Crippen LogP contribution in [-0.2, 0) is 6.42 Å². The summed E-state index contributed by atoms with van der Waals surface area (Å²) in [5, 5.41) is 8.77. The minimum absolute atomic E-state index is 0.801. The monoisotopic (exact) mass is 354 g/mol. The van der Waals surface area contributed by atoms with E-state index in [1.54, 1.807) is 0 Å². The summed E-state index contributed by atoms with van der Waals surface area (Å²) >= 11 is 0. The zero-order chi connectivity index (χ0) is 18.5. The van der Waals surface area contributed by atoms with Crippen LogP contribution in [0.2, 0.25) is 0 Å². The number of unbranched alkanes of at least 4 members (excludes halogenated alkanes) is 7. The zero-order valence-corrected chi connectivity index (χ0v) is 16.5. The van der Waals surface area contributed by atoms with Gasteiger partial charge in [0.25, 0.3) is 0 Å². The molecule has 0 bridgehead atoms. The quantitative estimate of drug-likeness (QED) is 0.379. The first kappa shape index (κ1) is 20.4. The second-order valence-electron chi connectivity index (χ2n) is 7.01. The molecule has 0 N–H and O–H groups in total. The molecular weight excluding hydrogens is 320 g/mol. The van der Waals surface area contributed by atoms with Crippen molar-refractivity contribution in [2.24, 2.45) is 0 Å². The van der Waals surface area contributed by atoms with Crippen LogP contribution in [0.3, 0.4) is 0 Å². The lowest BCUT2D eigenvalue weighted by Gasteiger charge is -2.07. The van der Waals surface area contributed by atoms with E-state index < -0.39 is 0 Å². The van der Waals surface area contributed by atoms with Crippen LogP contribution in [0.25, 0.3) is 11.3 Å². The zero-order valence-electron chi connectivity index (χ0n) is 16.5. The highest BCUT2D eigenvalue weighted by Crippen LogP contribution is 2.21. The van der Waals surface area contributed by atoms with Crippen LogP contribution in [0.5, 0.6) is 5.75 Å². The fourth-order valence-corrected chi connectivity index (χ4v) is 3.00. The summed E-state index contributed by atoms with van der Waals surface area (Å²) in [5.41, 5.74) is 3.10. The summed E-state index contributed by atoms with van der Waals surface area (Å²) < 4.78 is 5.82. The fourth-order valence-electron chi connectivity index (χ4n) is 3.00. The molecule has 1 aromatic heterocycles. The van der Waals surface area contributed by atoms with E-state index in [1.165, 1.54) is 51.4 Å². The highest BCUT2D eigenvalue weighted by molar-refractivity contribution is 5.59. The van der Waals surface area contributed by atoms with Gasteiger partial charge in [-0.15, -0.1) is 0 Å². The molecule has 0 fully saturated rings. The van der Waals surface area contributed by atoms with E-state index in [0.717, 1.165) is 42.1 Å². The number of hydrogen-bond donors (Lipinski definition) is 0. The summed E-state index contributed by atoms with van der Waals surface area (Å²) in [5.74, 6) is 0.935. The summed E-state index contributed by atoms with van der Waals surface area (Å²) in [6.07, 6.45) is 12.4. The first-order valence-electron chi connectivity index (χ1n) is 10.4. The van der Waals surface area contributed by atoms with Gasteiger partial charge in [-0.05, 0) is 55.7 Å². The van der Waals surface area contributed by atoms with Gasteiger partial charge in [-0.25, -0.2) is 0 Å². The van der Waals surface area contributed by atoms with Crippen LogP contribution in [0.15, 0.2) is 36.4 Å². The predicted octanol–water partition coefficient (Wildman–Crippen LogP) is 6.62. The van der Waals surface area contributed by atoms with Crippen molar-refractivity contribution in [3.63, 3.8) is 0 Å². The van der Waals surface area contributed by atoms with Crippen molar-refractivity contribution in [2.75, 3.05) is 6.61 Å². The average Bonchev–Trinajstić information content (AvgIpc) is 2.69. The van der Waals surface area contributed by atoms with Crippen LogP contribution < -0.4 is 4.74 Å². The van der Waals surface area contributed by atoms with Crippen LogP contribution in [0.1, 0.15) is 77.3 Å². The molecule has 26 heavy (non-hydrogen) atoms. The molecule has 0 atom stereocenters. The highest BCUT2D eigenvalue weighted by Gasteiger charge is 2.03. The molecule has 0 spiro atoms. The van der Waals surface area contributed by atoms with Gasteiger partial charge in [-0.2, -0.15) is 10.2 Å². The van der Waals surface area contributed by atoms with Crippen molar-refractivity contribution in [3.8, 4) is 17.0 Å². The van der Waals surface area contributed by atoms with Gasteiger partial charge in [-0.1, -0.05) is 58.8 Å². The molecule has 3 heteroatoms. The third-order valence-corrected chi connectivity index (χ3v) is 4.67. The van der Waals surface area contributed by atoms with Gasteiger partial charge >= 0.3 is 0 Å². The number of aromatic nitrogens is 2. The fraction of sp³-hybridized carbons (Fsp3) is 0.565. The van der Waals surface area contributed by atoms with Crippen molar-refractivity contribution in [3.05, 3.63) is 42.1 Å². The molecule has 0 aliphatic carbocycles. The number of aryl methyl sites for hydroxylation is 1. The van der Waals surface area contributed by atoms with E-state index in [4.69, 9.17) is 4.74 Å². The SMILES string of the molecule is CCCCCCCOc1ccc(-c2ccc(CCCCCC)nn2)cc1. The Morgan fingerprint density at radius 3 is 2.04 bits per heavy atom. The minimum atomic E-state index is 0.801. The van der Waals surface area contributed by atoms with Crippen LogP contribution in [0, 0.1) is 0 Å². The second-order valence-corrected chi connectivity index (χ2v) is 7.01. The van der Waals surface area contributed by atoms with Crippen LogP contribution in [-0.4, -0.2) is 16.8 Å². The Labute approximate surface area is 159 Å². The number of rotatable bonds is 13. The largest absolute Gasteiger partial charge is 0.494 e. The summed E-state index contributed by atoms with van der Waals surface area (Å²) in [4.78, 5) is 0. The molecule has 0 amide bonds. The molecule has 2 aromatic rings. The maximum absolute atomic E-state index is 5.82. The Bertz CT molecular complexity index is 593. The van der Waals surface area contributed by atoms with Gasteiger partial charge in [0, 0.05) is 5.56 Å². The number of nitrogens with zero attached hydrogens (tertiary/aromatic N) is 2. The van der Waals surface area contributed by atoms with Gasteiger partial charge < -0.3 is 4.74 Å². The molecule has 3 nitrogen and oxygen atoms in total. The Balaban J connectivity index is 1.76. The van der Waals surface area contributed by atoms with Crippen molar-refractivity contribution in [1.29, 1.82) is 0 Å². The van der Waals surface area contributed by atoms with E-state index in [2.05, 4.69) is 48.3 Å². The molecule has 0 saturated heterocycles. The summed E-state index contributed by atoms with van der Waals surface area (Å²) in [6.45, 7) is 5.28. The second kappa shape index (κ2) is 12.5. The average molecular weight is 355 g/mol. The van der Waals surface area contributed by atoms with Gasteiger partial charge in [0.15, 0.2) is 0 Å². The lowest BCUT2D eigenvalue weighted by molar-refractivity contribution is 0.304. The summed E-state index contributed by atoms with van der Waals surface area (Å²) in [7, 11) is 0. The molecule has 1 heterocycles. The molecule has 2 rings (SSSR count). The molecule has 0 radical (unpaired) electrons. The van der Waals surface area contributed by atoms with Gasteiger partial charge in [-0.3, -0.25) is 0 Å². The number of benzene rings is 1. The third-order valence-electron chi connectivity index (χ3n) is 4.67. The van der Waals surface area contributed by atoms with Crippen molar-refractivity contribution < 1.29 is 4.74 Å². The van der Waals surface area contributed by atoms with Crippen molar-refractivity contribution in [2.45, 2.75) is 78.1 Å². The normalized spacial score (nSPS) is 10.8. The first-order chi connectivity index (χ1) is 12.8.